The Morgan fingerprint density at radius 3 is 2.74 bits per heavy atom. The van der Waals surface area contributed by atoms with E-state index in [0.717, 1.165) is 23.9 Å². The molecule has 3 rings (SSSR count). The molecule has 0 saturated carbocycles. The maximum atomic E-state index is 9.27. The molecule has 0 fully saturated rings. The lowest BCUT2D eigenvalue weighted by molar-refractivity contribution is 0.474. The van der Waals surface area contributed by atoms with Gasteiger partial charge in [-0.2, -0.15) is 0 Å². The third-order valence-corrected chi connectivity index (χ3v) is 4.16. The zero-order valence-electron chi connectivity index (χ0n) is 10.6. The lowest BCUT2D eigenvalue weighted by atomic mass is 10.1. The monoisotopic (exact) mass is 317 g/mol. The summed E-state index contributed by atoms with van der Waals surface area (Å²) in [5, 5.41) is 12.9. The van der Waals surface area contributed by atoms with Crippen LogP contribution in [0.1, 0.15) is 29.2 Å². The van der Waals surface area contributed by atoms with Gasteiger partial charge in [0.1, 0.15) is 5.75 Å². The first-order valence-electron chi connectivity index (χ1n) is 6.52. The van der Waals surface area contributed by atoms with Crippen molar-refractivity contribution in [1.82, 2.24) is 5.32 Å². The number of benzene rings is 2. The fourth-order valence-corrected chi connectivity index (χ4v) is 3.06. The van der Waals surface area contributed by atoms with E-state index >= 15 is 0 Å². The van der Waals surface area contributed by atoms with E-state index in [4.69, 9.17) is 0 Å². The number of aryl methyl sites for hydroxylation is 1. The molecule has 1 aliphatic carbocycles. The Hall–Kier alpha value is -1.32. The van der Waals surface area contributed by atoms with Gasteiger partial charge in [0.15, 0.2) is 0 Å². The van der Waals surface area contributed by atoms with Crippen molar-refractivity contribution in [2.45, 2.75) is 25.4 Å². The van der Waals surface area contributed by atoms with Crippen molar-refractivity contribution in [2.75, 3.05) is 0 Å². The summed E-state index contributed by atoms with van der Waals surface area (Å²) in [6, 6.07) is 14.4. The van der Waals surface area contributed by atoms with Crippen LogP contribution in [0.3, 0.4) is 0 Å². The summed E-state index contributed by atoms with van der Waals surface area (Å²) in [6.07, 6.45) is 2.30. The van der Waals surface area contributed by atoms with E-state index in [1.807, 2.05) is 12.1 Å². The van der Waals surface area contributed by atoms with Gasteiger partial charge >= 0.3 is 0 Å². The number of phenolic OH excluding ortho intramolecular Hbond substituents is 1. The lowest BCUT2D eigenvalue weighted by Gasteiger charge is -2.14. The van der Waals surface area contributed by atoms with Crippen LogP contribution in [0.5, 0.6) is 5.75 Å². The van der Waals surface area contributed by atoms with Crippen molar-refractivity contribution in [2.24, 2.45) is 0 Å². The van der Waals surface area contributed by atoms with Crippen LogP contribution >= 0.6 is 15.9 Å². The summed E-state index contributed by atoms with van der Waals surface area (Å²) >= 11 is 3.52. The van der Waals surface area contributed by atoms with Gasteiger partial charge in [-0.1, -0.05) is 34.1 Å². The quantitative estimate of drug-likeness (QED) is 0.899. The van der Waals surface area contributed by atoms with Crippen LogP contribution in [0.15, 0.2) is 46.9 Å². The minimum absolute atomic E-state index is 0.319. The summed E-state index contributed by atoms with van der Waals surface area (Å²) < 4.78 is 1.16. The van der Waals surface area contributed by atoms with Crippen molar-refractivity contribution in [1.29, 1.82) is 0 Å². The van der Waals surface area contributed by atoms with Crippen LogP contribution in [-0.2, 0) is 13.0 Å². The molecule has 1 unspecified atom stereocenters. The van der Waals surface area contributed by atoms with E-state index < -0.39 is 0 Å². The van der Waals surface area contributed by atoms with Crippen LogP contribution < -0.4 is 5.32 Å². The van der Waals surface area contributed by atoms with Crippen LogP contribution in [0.2, 0.25) is 0 Å². The second kappa shape index (κ2) is 5.35. The van der Waals surface area contributed by atoms with Crippen LogP contribution in [0.25, 0.3) is 0 Å². The van der Waals surface area contributed by atoms with Crippen molar-refractivity contribution >= 4 is 15.9 Å². The molecule has 0 saturated heterocycles. The maximum Gasteiger partial charge on any atom is 0.115 e. The topological polar surface area (TPSA) is 32.3 Å². The standard InChI is InChI=1S/C16H16BrNO/c17-13-4-7-15-12(9-13)3-8-16(15)18-10-11-1-5-14(19)6-2-11/h1-2,4-7,9,16,18-19H,3,8,10H2. The molecular formula is C16H16BrNO. The van der Waals surface area contributed by atoms with Crippen LogP contribution in [0.4, 0.5) is 0 Å². The van der Waals surface area contributed by atoms with Gasteiger partial charge in [-0.3, -0.25) is 0 Å². The first-order chi connectivity index (χ1) is 9.22. The van der Waals surface area contributed by atoms with Gasteiger partial charge < -0.3 is 10.4 Å². The SMILES string of the molecule is Oc1ccc(CNC2CCc3cc(Br)ccc32)cc1. The fourth-order valence-electron chi connectivity index (χ4n) is 2.65. The molecule has 2 aromatic rings. The van der Waals surface area contributed by atoms with Crippen molar-refractivity contribution in [3.05, 3.63) is 63.6 Å². The molecule has 0 bridgehead atoms. The normalized spacial score (nSPS) is 17.4. The molecule has 0 heterocycles. The number of nitrogens with one attached hydrogen (secondary N) is 1. The number of aromatic hydroxyl groups is 1. The number of rotatable bonds is 3. The number of hydrogen-bond donors (Lipinski definition) is 2. The largest absolute Gasteiger partial charge is 0.508 e. The van der Waals surface area contributed by atoms with E-state index in [0.29, 0.717) is 11.8 Å². The van der Waals surface area contributed by atoms with Crippen molar-refractivity contribution in [3.8, 4) is 5.75 Å². The smallest absolute Gasteiger partial charge is 0.115 e. The van der Waals surface area contributed by atoms with Gasteiger partial charge in [0.2, 0.25) is 0 Å². The molecule has 0 spiro atoms. The Bertz CT molecular complexity index is 580. The zero-order chi connectivity index (χ0) is 13.2. The van der Waals surface area contributed by atoms with Gasteiger partial charge in [-0.25, -0.2) is 0 Å². The Labute approximate surface area is 121 Å². The molecule has 1 aliphatic rings. The number of hydrogen-bond acceptors (Lipinski definition) is 2. The highest BCUT2D eigenvalue weighted by molar-refractivity contribution is 9.10. The van der Waals surface area contributed by atoms with Gasteiger partial charge in [0, 0.05) is 17.1 Å². The van der Waals surface area contributed by atoms with Gasteiger partial charge in [0.05, 0.1) is 0 Å². The molecule has 3 heteroatoms. The molecule has 0 aliphatic heterocycles. The molecule has 0 amide bonds. The first-order valence-corrected chi connectivity index (χ1v) is 7.31. The van der Waals surface area contributed by atoms with E-state index in [9.17, 15) is 5.11 Å². The van der Waals surface area contributed by atoms with Gasteiger partial charge in [-0.15, -0.1) is 0 Å². The molecule has 1 atom stereocenters. The predicted molar refractivity (Wildman–Crippen MR) is 80.2 cm³/mol. The maximum absolute atomic E-state index is 9.27. The molecule has 98 valence electrons. The lowest BCUT2D eigenvalue weighted by Crippen LogP contribution is -2.18. The Morgan fingerprint density at radius 2 is 1.95 bits per heavy atom. The number of fused-ring (bicyclic) bond motifs is 1. The first kappa shape index (κ1) is 12.7. The third kappa shape index (κ3) is 2.82. The molecule has 2 nitrogen and oxygen atoms in total. The molecule has 0 aromatic heterocycles. The van der Waals surface area contributed by atoms with Gasteiger partial charge in [-0.05, 0) is 53.8 Å². The summed E-state index contributed by atoms with van der Waals surface area (Å²) in [6.45, 7) is 0.834. The molecular weight excluding hydrogens is 302 g/mol. The summed E-state index contributed by atoms with van der Waals surface area (Å²) in [4.78, 5) is 0. The fraction of sp³-hybridized carbons (Fsp3) is 0.250. The summed E-state index contributed by atoms with van der Waals surface area (Å²) in [5.74, 6) is 0.319. The van der Waals surface area contributed by atoms with E-state index in [-0.39, 0.29) is 0 Å². The van der Waals surface area contributed by atoms with Crippen molar-refractivity contribution < 1.29 is 5.11 Å². The van der Waals surface area contributed by atoms with E-state index in [2.05, 4.69) is 39.4 Å². The minimum atomic E-state index is 0.319. The Balaban J connectivity index is 1.68. The summed E-state index contributed by atoms with van der Waals surface area (Å²) in [7, 11) is 0. The van der Waals surface area contributed by atoms with E-state index in [1.165, 1.54) is 16.7 Å². The highest BCUT2D eigenvalue weighted by Gasteiger charge is 2.21. The third-order valence-electron chi connectivity index (χ3n) is 3.67. The number of halogens is 1. The summed E-state index contributed by atoms with van der Waals surface area (Å²) in [5.41, 5.74) is 4.06. The Morgan fingerprint density at radius 1 is 1.16 bits per heavy atom. The average Bonchev–Trinajstić information content (AvgIpc) is 2.80. The van der Waals surface area contributed by atoms with E-state index in [1.54, 1.807) is 12.1 Å². The predicted octanol–water partition coefficient (Wildman–Crippen LogP) is 3.93. The van der Waals surface area contributed by atoms with Gasteiger partial charge in [0.25, 0.3) is 0 Å². The second-order valence-electron chi connectivity index (χ2n) is 4.98. The average molecular weight is 318 g/mol. The second-order valence-corrected chi connectivity index (χ2v) is 5.90. The minimum Gasteiger partial charge on any atom is -0.508 e. The molecule has 19 heavy (non-hydrogen) atoms. The number of phenols is 1. The zero-order valence-corrected chi connectivity index (χ0v) is 12.2. The molecule has 2 N–H and O–H groups in total. The van der Waals surface area contributed by atoms with Crippen LogP contribution in [-0.4, -0.2) is 5.11 Å². The van der Waals surface area contributed by atoms with Crippen molar-refractivity contribution in [3.63, 3.8) is 0 Å². The highest BCUT2D eigenvalue weighted by Crippen LogP contribution is 2.33. The molecule has 0 radical (unpaired) electrons. The van der Waals surface area contributed by atoms with Crippen LogP contribution in [0, 0.1) is 0 Å². The highest BCUT2D eigenvalue weighted by atomic mass is 79.9. The Kier molecular flexibility index (Phi) is 3.58. The molecule has 2 aromatic carbocycles.